The standard InChI is InChI=1S/C16H25N/c1-4-12(2)11-16(17)10-9-13(3)14-7-5-6-8-15(14)16/h5-8,12-13H,4,9-11,17H2,1-3H3. The van der Waals surface area contributed by atoms with Crippen LogP contribution < -0.4 is 5.73 Å². The first-order valence-corrected chi connectivity index (χ1v) is 6.95. The van der Waals surface area contributed by atoms with Gasteiger partial charge in [-0.1, -0.05) is 51.5 Å². The van der Waals surface area contributed by atoms with E-state index in [4.69, 9.17) is 5.73 Å². The molecule has 94 valence electrons. The Labute approximate surface area is 105 Å². The van der Waals surface area contributed by atoms with Gasteiger partial charge in [0.1, 0.15) is 0 Å². The zero-order valence-electron chi connectivity index (χ0n) is 11.4. The molecule has 0 heterocycles. The minimum atomic E-state index is -0.0848. The van der Waals surface area contributed by atoms with E-state index in [9.17, 15) is 0 Å². The van der Waals surface area contributed by atoms with E-state index in [1.165, 1.54) is 24.0 Å². The molecule has 2 rings (SSSR count). The molecule has 0 aliphatic heterocycles. The van der Waals surface area contributed by atoms with Crippen molar-refractivity contribution in [3.05, 3.63) is 35.4 Å². The van der Waals surface area contributed by atoms with Gasteiger partial charge in [0.2, 0.25) is 0 Å². The lowest BCUT2D eigenvalue weighted by Gasteiger charge is -2.40. The van der Waals surface area contributed by atoms with Gasteiger partial charge in [0.05, 0.1) is 0 Å². The molecule has 1 aliphatic rings. The highest BCUT2D eigenvalue weighted by Gasteiger charge is 2.35. The summed E-state index contributed by atoms with van der Waals surface area (Å²) in [7, 11) is 0. The van der Waals surface area contributed by atoms with Crippen LogP contribution in [-0.4, -0.2) is 0 Å². The van der Waals surface area contributed by atoms with Gasteiger partial charge in [0.25, 0.3) is 0 Å². The average Bonchev–Trinajstić information content (AvgIpc) is 2.35. The van der Waals surface area contributed by atoms with E-state index in [-0.39, 0.29) is 5.54 Å². The molecule has 3 atom stereocenters. The first-order chi connectivity index (χ1) is 8.07. The second-order valence-corrected chi connectivity index (χ2v) is 5.90. The molecule has 0 saturated carbocycles. The van der Waals surface area contributed by atoms with Crippen LogP contribution in [0.5, 0.6) is 0 Å². The van der Waals surface area contributed by atoms with Crippen molar-refractivity contribution < 1.29 is 0 Å². The molecular weight excluding hydrogens is 206 g/mol. The fraction of sp³-hybridized carbons (Fsp3) is 0.625. The van der Waals surface area contributed by atoms with Crippen LogP contribution in [0.4, 0.5) is 0 Å². The first kappa shape index (κ1) is 12.6. The quantitative estimate of drug-likeness (QED) is 0.830. The predicted octanol–water partition coefficient (Wildman–Crippen LogP) is 4.17. The number of fused-ring (bicyclic) bond motifs is 1. The van der Waals surface area contributed by atoms with Crippen LogP contribution in [0.3, 0.4) is 0 Å². The molecule has 1 heteroatoms. The molecule has 0 radical (unpaired) electrons. The van der Waals surface area contributed by atoms with Crippen LogP contribution in [0.25, 0.3) is 0 Å². The number of hydrogen-bond donors (Lipinski definition) is 1. The average molecular weight is 231 g/mol. The van der Waals surface area contributed by atoms with E-state index in [1.54, 1.807) is 0 Å². The highest BCUT2D eigenvalue weighted by Crippen LogP contribution is 2.43. The van der Waals surface area contributed by atoms with Gasteiger partial charge in [0.15, 0.2) is 0 Å². The Morgan fingerprint density at radius 2 is 2.12 bits per heavy atom. The molecule has 1 nitrogen and oxygen atoms in total. The molecule has 2 N–H and O–H groups in total. The van der Waals surface area contributed by atoms with Crippen molar-refractivity contribution in [2.75, 3.05) is 0 Å². The predicted molar refractivity (Wildman–Crippen MR) is 74.0 cm³/mol. The van der Waals surface area contributed by atoms with Crippen LogP contribution >= 0.6 is 0 Å². The third-order valence-electron chi connectivity index (χ3n) is 4.46. The van der Waals surface area contributed by atoms with Crippen molar-refractivity contribution in [2.45, 2.75) is 57.9 Å². The van der Waals surface area contributed by atoms with Gasteiger partial charge in [-0.25, -0.2) is 0 Å². The van der Waals surface area contributed by atoms with Crippen molar-refractivity contribution in [2.24, 2.45) is 11.7 Å². The molecule has 0 aromatic heterocycles. The van der Waals surface area contributed by atoms with Crippen LogP contribution in [-0.2, 0) is 5.54 Å². The van der Waals surface area contributed by atoms with E-state index < -0.39 is 0 Å². The molecule has 0 spiro atoms. The summed E-state index contributed by atoms with van der Waals surface area (Å²) in [6, 6.07) is 8.78. The molecule has 0 amide bonds. The lowest BCUT2D eigenvalue weighted by Crippen LogP contribution is -2.42. The van der Waals surface area contributed by atoms with E-state index in [0.717, 1.165) is 12.8 Å². The number of rotatable bonds is 3. The Balaban J connectivity index is 2.34. The van der Waals surface area contributed by atoms with Crippen LogP contribution in [0.2, 0.25) is 0 Å². The molecule has 1 aliphatic carbocycles. The third kappa shape index (κ3) is 2.40. The minimum Gasteiger partial charge on any atom is -0.321 e. The Hall–Kier alpha value is -0.820. The van der Waals surface area contributed by atoms with Crippen LogP contribution in [0.15, 0.2) is 24.3 Å². The third-order valence-corrected chi connectivity index (χ3v) is 4.46. The molecule has 0 saturated heterocycles. The van der Waals surface area contributed by atoms with Gasteiger partial charge in [-0.05, 0) is 42.2 Å². The van der Waals surface area contributed by atoms with Crippen molar-refractivity contribution >= 4 is 0 Å². The van der Waals surface area contributed by atoms with Crippen LogP contribution in [0.1, 0.15) is 63.5 Å². The van der Waals surface area contributed by atoms with Crippen LogP contribution in [0, 0.1) is 5.92 Å². The summed E-state index contributed by atoms with van der Waals surface area (Å²) in [6.07, 6.45) is 4.70. The molecule has 1 aromatic rings. The van der Waals surface area contributed by atoms with Gasteiger partial charge in [-0.3, -0.25) is 0 Å². The summed E-state index contributed by atoms with van der Waals surface area (Å²) in [4.78, 5) is 0. The number of nitrogens with two attached hydrogens (primary N) is 1. The Morgan fingerprint density at radius 3 is 2.82 bits per heavy atom. The topological polar surface area (TPSA) is 26.0 Å². The highest BCUT2D eigenvalue weighted by atomic mass is 14.8. The zero-order chi connectivity index (χ0) is 12.5. The summed E-state index contributed by atoms with van der Waals surface area (Å²) >= 11 is 0. The summed E-state index contributed by atoms with van der Waals surface area (Å²) in [6.45, 7) is 6.89. The Bertz CT molecular complexity index is 385. The molecule has 0 fully saturated rings. The minimum absolute atomic E-state index is 0.0848. The Morgan fingerprint density at radius 1 is 1.41 bits per heavy atom. The van der Waals surface area contributed by atoms with E-state index in [0.29, 0.717) is 11.8 Å². The number of hydrogen-bond acceptors (Lipinski definition) is 1. The lowest BCUT2D eigenvalue weighted by atomic mass is 9.69. The lowest BCUT2D eigenvalue weighted by molar-refractivity contribution is 0.278. The van der Waals surface area contributed by atoms with Gasteiger partial charge < -0.3 is 5.73 Å². The van der Waals surface area contributed by atoms with E-state index in [2.05, 4.69) is 45.0 Å². The zero-order valence-corrected chi connectivity index (χ0v) is 11.4. The number of benzene rings is 1. The van der Waals surface area contributed by atoms with Crippen molar-refractivity contribution in [3.63, 3.8) is 0 Å². The maximum atomic E-state index is 6.71. The molecule has 1 aromatic carbocycles. The van der Waals surface area contributed by atoms with Gasteiger partial charge in [-0.15, -0.1) is 0 Å². The summed E-state index contributed by atoms with van der Waals surface area (Å²) in [5.41, 5.74) is 9.50. The van der Waals surface area contributed by atoms with Crippen molar-refractivity contribution in [1.29, 1.82) is 0 Å². The smallest absolute Gasteiger partial charge is 0.0415 e. The maximum absolute atomic E-state index is 6.71. The summed E-state index contributed by atoms with van der Waals surface area (Å²) < 4.78 is 0. The second-order valence-electron chi connectivity index (χ2n) is 5.90. The Kier molecular flexibility index (Phi) is 3.58. The molecular formula is C16H25N. The van der Waals surface area contributed by atoms with Crippen molar-refractivity contribution in [1.82, 2.24) is 0 Å². The van der Waals surface area contributed by atoms with Crippen molar-refractivity contribution in [3.8, 4) is 0 Å². The van der Waals surface area contributed by atoms with E-state index >= 15 is 0 Å². The fourth-order valence-electron chi connectivity index (χ4n) is 3.12. The monoisotopic (exact) mass is 231 g/mol. The SMILES string of the molecule is CCC(C)CC1(N)CCC(C)c2ccccc21. The molecule has 3 unspecified atom stereocenters. The first-order valence-electron chi connectivity index (χ1n) is 6.95. The van der Waals surface area contributed by atoms with Gasteiger partial charge in [0, 0.05) is 5.54 Å². The van der Waals surface area contributed by atoms with Gasteiger partial charge >= 0.3 is 0 Å². The second kappa shape index (κ2) is 4.81. The van der Waals surface area contributed by atoms with Gasteiger partial charge in [-0.2, -0.15) is 0 Å². The maximum Gasteiger partial charge on any atom is 0.0415 e. The molecule has 17 heavy (non-hydrogen) atoms. The molecule has 0 bridgehead atoms. The summed E-state index contributed by atoms with van der Waals surface area (Å²) in [5.74, 6) is 1.38. The summed E-state index contributed by atoms with van der Waals surface area (Å²) in [5, 5.41) is 0. The fourth-order valence-corrected chi connectivity index (χ4v) is 3.12. The van der Waals surface area contributed by atoms with E-state index in [1.807, 2.05) is 0 Å². The normalized spacial score (nSPS) is 29.8. The highest BCUT2D eigenvalue weighted by molar-refractivity contribution is 5.38. The largest absolute Gasteiger partial charge is 0.321 e.